The van der Waals surface area contributed by atoms with E-state index < -0.39 is 0 Å². The van der Waals surface area contributed by atoms with Crippen LogP contribution in [0, 0.1) is 11.8 Å². The van der Waals surface area contributed by atoms with Crippen molar-refractivity contribution < 1.29 is 9.53 Å². The molecule has 0 fully saturated rings. The third-order valence-corrected chi connectivity index (χ3v) is 3.53. The van der Waals surface area contributed by atoms with Crippen molar-refractivity contribution in [2.24, 2.45) is 11.8 Å². The zero-order valence-corrected chi connectivity index (χ0v) is 10.3. The van der Waals surface area contributed by atoms with E-state index in [1.807, 2.05) is 18.2 Å². The predicted molar refractivity (Wildman–Crippen MR) is 67.6 cm³/mol. The summed E-state index contributed by atoms with van der Waals surface area (Å²) in [5.41, 5.74) is 1.22. The lowest BCUT2D eigenvalue weighted by molar-refractivity contribution is -0.147. The van der Waals surface area contributed by atoms with Crippen molar-refractivity contribution in [3.05, 3.63) is 48.0 Å². The van der Waals surface area contributed by atoms with Gasteiger partial charge in [-0.1, -0.05) is 49.4 Å². The van der Waals surface area contributed by atoms with Gasteiger partial charge in [0.1, 0.15) is 0 Å². The smallest absolute Gasteiger partial charge is 0.309 e. The van der Waals surface area contributed by atoms with E-state index in [4.69, 9.17) is 4.74 Å². The third-order valence-electron chi connectivity index (χ3n) is 3.53. The summed E-state index contributed by atoms with van der Waals surface area (Å²) in [6.45, 7) is 2.08. The number of carbonyl (C=O) groups excluding carboxylic acids is 1. The number of esters is 1. The van der Waals surface area contributed by atoms with Crippen LogP contribution in [0.3, 0.4) is 0 Å². The molecule has 0 heterocycles. The number of rotatable bonds is 2. The van der Waals surface area contributed by atoms with Gasteiger partial charge < -0.3 is 4.74 Å². The van der Waals surface area contributed by atoms with E-state index in [1.165, 1.54) is 12.7 Å². The van der Waals surface area contributed by atoms with Crippen LogP contribution in [0.5, 0.6) is 0 Å². The quantitative estimate of drug-likeness (QED) is 0.576. The Labute approximate surface area is 102 Å². The number of methoxy groups -OCH3 is 1. The molecule has 0 radical (unpaired) electrons. The minimum Gasteiger partial charge on any atom is -0.469 e. The third kappa shape index (κ3) is 2.41. The molecule has 0 saturated carbocycles. The van der Waals surface area contributed by atoms with Crippen molar-refractivity contribution in [2.75, 3.05) is 7.11 Å². The Morgan fingerprint density at radius 2 is 2.00 bits per heavy atom. The Morgan fingerprint density at radius 1 is 1.29 bits per heavy atom. The minimum absolute atomic E-state index is 0.0626. The van der Waals surface area contributed by atoms with Crippen molar-refractivity contribution >= 4 is 5.97 Å². The average Bonchev–Trinajstić information content (AvgIpc) is 2.38. The van der Waals surface area contributed by atoms with Gasteiger partial charge in [-0.15, -0.1) is 0 Å². The van der Waals surface area contributed by atoms with Gasteiger partial charge in [0.05, 0.1) is 13.0 Å². The zero-order chi connectivity index (χ0) is 12.3. The maximum Gasteiger partial charge on any atom is 0.309 e. The Morgan fingerprint density at radius 3 is 2.65 bits per heavy atom. The van der Waals surface area contributed by atoms with Gasteiger partial charge in [-0.25, -0.2) is 0 Å². The van der Waals surface area contributed by atoms with Gasteiger partial charge in [0.2, 0.25) is 0 Å². The lowest BCUT2D eigenvalue weighted by Crippen LogP contribution is -2.30. The lowest BCUT2D eigenvalue weighted by Gasteiger charge is -2.31. The Bertz CT molecular complexity index is 408. The maximum absolute atomic E-state index is 11.9. The highest BCUT2D eigenvalue weighted by molar-refractivity contribution is 5.74. The predicted octanol–water partition coefficient (Wildman–Crippen LogP) is 3.16. The highest BCUT2D eigenvalue weighted by Gasteiger charge is 2.35. The summed E-state index contributed by atoms with van der Waals surface area (Å²) in [5.74, 6) is 0.313. The molecule has 3 unspecified atom stereocenters. The molecule has 17 heavy (non-hydrogen) atoms. The molecule has 1 aromatic carbocycles. The summed E-state index contributed by atoms with van der Waals surface area (Å²) < 4.78 is 4.94. The Balaban J connectivity index is 2.31. The molecule has 0 aromatic heterocycles. The summed E-state index contributed by atoms with van der Waals surface area (Å²) in [7, 11) is 1.47. The first kappa shape index (κ1) is 11.9. The monoisotopic (exact) mass is 230 g/mol. The van der Waals surface area contributed by atoms with E-state index in [0.29, 0.717) is 0 Å². The van der Waals surface area contributed by atoms with Gasteiger partial charge in [-0.3, -0.25) is 4.79 Å². The number of ether oxygens (including phenoxy) is 1. The second-order valence-electron chi connectivity index (χ2n) is 4.59. The molecule has 90 valence electrons. The molecular weight excluding hydrogens is 212 g/mol. The first-order valence-electron chi connectivity index (χ1n) is 6.03. The van der Waals surface area contributed by atoms with Crippen LogP contribution in [-0.4, -0.2) is 13.1 Å². The standard InChI is InChI=1S/C15H18O2/c1-11-7-6-10-13(14(11)15(16)17-2)12-8-4-3-5-9-12/h3-9,11,13-14H,10H2,1-2H3. The fraction of sp³-hybridized carbons (Fsp3) is 0.400. The molecule has 3 atom stereocenters. The van der Waals surface area contributed by atoms with Crippen LogP contribution < -0.4 is 0 Å². The van der Waals surface area contributed by atoms with Crippen molar-refractivity contribution in [1.82, 2.24) is 0 Å². The van der Waals surface area contributed by atoms with Crippen LogP contribution >= 0.6 is 0 Å². The Kier molecular flexibility index (Phi) is 3.62. The number of hydrogen-bond acceptors (Lipinski definition) is 2. The van der Waals surface area contributed by atoms with Crippen molar-refractivity contribution in [2.45, 2.75) is 19.3 Å². The van der Waals surface area contributed by atoms with E-state index in [2.05, 4.69) is 31.2 Å². The molecule has 2 nitrogen and oxygen atoms in total. The van der Waals surface area contributed by atoms with Crippen molar-refractivity contribution in [1.29, 1.82) is 0 Å². The second-order valence-corrected chi connectivity index (χ2v) is 4.59. The minimum atomic E-state index is -0.101. The summed E-state index contributed by atoms with van der Waals surface area (Å²) in [5, 5.41) is 0. The van der Waals surface area contributed by atoms with E-state index in [0.717, 1.165) is 6.42 Å². The molecule has 0 bridgehead atoms. The number of benzene rings is 1. The summed E-state index contributed by atoms with van der Waals surface area (Å²) in [6, 6.07) is 10.2. The second kappa shape index (κ2) is 5.17. The molecule has 0 amide bonds. The van der Waals surface area contributed by atoms with Crippen LogP contribution in [-0.2, 0) is 9.53 Å². The van der Waals surface area contributed by atoms with Crippen molar-refractivity contribution in [3.63, 3.8) is 0 Å². The maximum atomic E-state index is 11.9. The number of carbonyl (C=O) groups is 1. The highest BCUT2D eigenvalue weighted by atomic mass is 16.5. The fourth-order valence-corrected chi connectivity index (χ4v) is 2.63. The number of allylic oxidation sites excluding steroid dienone is 2. The van der Waals surface area contributed by atoms with Crippen LogP contribution in [0.2, 0.25) is 0 Å². The topological polar surface area (TPSA) is 26.3 Å². The normalized spacial score (nSPS) is 27.8. The van der Waals surface area contributed by atoms with Gasteiger partial charge in [0.25, 0.3) is 0 Å². The van der Waals surface area contributed by atoms with Crippen LogP contribution in [0.1, 0.15) is 24.8 Å². The summed E-state index contributed by atoms with van der Waals surface area (Å²) >= 11 is 0. The molecule has 1 aliphatic carbocycles. The Hall–Kier alpha value is -1.57. The fourth-order valence-electron chi connectivity index (χ4n) is 2.63. The SMILES string of the molecule is COC(=O)C1C(C)C=CCC1c1ccccc1. The van der Waals surface area contributed by atoms with Gasteiger partial charge in [0.15, 0.2) is 0 Å². The molecule has 1 aromatic rings. The summed E-state index contributed by atoms with van der Waals surface area (Å²) in [4.78, 5) is 11.9. The van der Waals surface area contributed by atoms with E-state index in [-0.39, 0.29) is 23.7 Å². The van der Waals surface area contributed by atoms with Gasteiger partial charge in [-0.2, -0.15) is 0 Å². The molecule has 0 aliphatic heterocycles. The van der Waals surface area contributed by atoms with Gasteiger partial charge in [0, 0.05) is 5.92 Å². The zero-order valence-electron chi connectivity index (χ0n) is 10.3. The highest BCUT2D eigenvalue weighted by Crippen LogP contribution is 2.38. The number of hydrogen-bond donors (Lipinski definition) is 0. The average molecular weight is 230 g/mol. The molecule has 2 heteroatoms. The molecule has 1 aliphatic rings. The van der Waals surface area contributed by atoms with E-state index >= 15 is 0 Å². The van der Waals surface area contributed by atoms with Crippen LogP contribution in [0.4, 0.5) is 0 Å². The largest absolute Gasteiger partial charge is 0.469 e. The first-order chi connectivity index (χ1) is 8.24. The van der Waals surface area contributed by atoms with E-state index in [9.17, 15) is 4.79 Å². The van der Waals surface area contributed by atoms with E-state index in [1.54, 1.807) is 0 Å². The van der Waals surface area contributed by atoms with Gasteiger partial charge >= 0.3 is 5.97 Å². The molecule has 2 rings (SSSR count). The molecule has 0 N–H and O–H groups in total. The van der Waals surface area contributed by atoms with Crippen molar-refractivity contribution in [3.8, 4) is 0 Å². The molecule has 0 spiro atoms. The van der Waals surface area contributed by atoms with Gasteiger partial charge in [-0.05, 0) is 17.9 Å². The summed E-state index contributed by atoms with van der Waals surface area (Å²) in [6.07, 6.45) is 5.19. The molecular formula is C15H18O2. The van der Waals surface area contributed by atoms with Crippen LogP contribution in [0.25, 0.3) is 0 Å². The lowest BCUT2D eigenvalue weighted by atomic mass is 9.73. The molecule has 0 saturated heterocycles. The van der Waals surface area contributed by atoms with Crippen LogP contribution in [0.15, 0.2) is 42.5 Å². The first-order valence-corrected chi connectivity index (χ1v) is 6.03.